The molecule has 1 N–H and O–H groups in total. The Bertz CT molecular complexity index is 708. The van der Waals surface area contributed by atoms with E-state index in [2.05, 4.69) is 50.6 Å². The fourth-order valence-electron chi connectivity index (χ4n) is 2.26. The summed E-state index contributed by atoms with van der Waals surface area (Å²) in [5.74, 6) is 0.962. The molecule has 0 aliphatic carbocycles. The number of fused-ring (bicyclic) bond motifs is 1. The van der Waals surface area contributed by atoms with Crippen LogP contribution in [0.25, 0.3) is 11.0 Å². The molecule has 2 aromatic heterocycles. The van der Waals surface area contributed by atoms with Crippen LogP contribution in [0.1, 0.15) is 25.1 Å². The topological polar surface area (TPSA) is 55.9 Å². The van der Waals surface area contributed by atoms with Crippen molar-refractivity contribution < 1.29 is 4.42 Å². The minimum Gasteiger partial charge on any atom is -0.459 e. The summed E-state index contributed by atoms with van der Waals surface area (Å²) >= 11 is 3.48. The molecule has 110 valence electrons. The summed E-state index contributed by atoms with van der Waals surface area (Å²) in [6.07, 6.45) is 4.57. The van der Waals surface area contributed by atoms with Crippen molar-refractivity contribution in [3.05, 3.63) is 46.9 Å². The molecule has 0 saturated heterocycles. The van der Waals surface area contributed by atoms with E-state index in [9.17, 15) is 0 Å². The van der Waals surface area contributed by atoms with E-state index in [-0.39, 0.29) is 6.04 Å². The van der Waals surface area contributed by atoms with Crippen LogP contribution in [0.2, 0.25) is 0 Å². The maximum absolute atomic E-state index is 5.88. The Morgan fingerprint density at radius 1 is 1.38 bits per heavy atom. The molecule has 0 bridgehead atoms. The third-order valence-corrected chi connectivity index (χ3v) is 3.90. The first-order valence-electron chi connectivity index (χ1n) is 6.99. The largest absolute Gasteiger partial charge is 0.459 e. The summed E-state index contributed by atoms with van der Waals surface area (Å²) in [5.41, 5.74) is 0.921. The minimum atomic E-state index is 0.187. The second-order valence-electron chi connectivity index (χ2n) is 5.03. The monoisotopic (exact) mass is 348 g/mol. The molecule has 0 amide bonds. The quantitative estimate of drug-likeness (QED) is 0.692. The highest BCUT2D eigenvalue weighted by Gasteiger charge is 2.11. The zero-order valence-corrected chi connectivity index (χ0v) is 13.4. The Balaban J connectivity index is 1.55. The molecular weight excluding hydrogens is 332 g/mol. The molecule has 21 heavy (non-hydrogen) atoms. The van der Waals surface area contributed by atoms with Crippen LogP contribution in [-0.4, -0.2) is 21.5 Å². The van der Waals surface area contributed by atoms with Crippen LogP contribution in [0.4, 0.5) is 0 Å². The number of furan rings is 1. The molecule has 5 nitrogen and oxygen atoms in total. The molecule has 0 aliphatic rings. The van der Waals surface area contributed by atoms with Gasteiger partial charge >= 0.3 is 0 Å². The maximum Gasteiger partial charge on any atom is 0.134 e. The molecule has 3 aromatic rings. The van der Waals surface area contributed by atoms with Gasteiger partial charge in [-0.05, 0) is 44.2 Å². The van der Waals surface area contributed by atoms with Crippen molar-refractivity contribution in [2.24, 2.45) is 0 Å². The normalized spacial score (nSPS) is 12.9. The minimum absolute atomic E-state index is 0.187. The van der Waals surface area contributed by atoms with Crippen molar-refractivity contribution >= 4 is 26.9 Å². The smallest absolute Gasteiger partial charge is 0.134 e. The van der Waals surface area contributed by atoms with Crippen LogP contribution in [0, 0.1) is 0 Å². The molecule has 0 spiro atoms. The number of halogens is 1. The predicted molar refractivity (Wildman–Crippen MR) is 85.0 cm³/mol. The average molecular weight is 349 g/mol. The Labute approximate surface area is 131 Å². The second kappa shape index (κ2) is 6.41. The van der Waals surface area contributed by atoms with Crippen LogP contribution in [0.5, 0.6) is 0 Å². The van der Waals surface area contributed by atoms with Crippen LogP contribution in [0.3, 0.4) is 0 Å². The lowest BCUT2D eigenvalue weighted by atomic mass is 10.2. The lowest BCUT2D eigenvalue weighted by Gasteiger charge is -2.10. The highest BCUT2D eigenvalue weighted by molar-refractivity contribution is 9.10. The van der Waals surface area contributed by atoms with Crippen LogP contribution >= 0.6 is 15.9 Å². The number of nitrogens with one attached hydrogen (secondary N) is 1. The van der Waals surface area contributed by atoms with E-state index in [1.165, 1.54) is 0 Å². The first-order chi connectivity index (χ1) is 10.2. The summed E-state index contributed by atoms with van der Waals surface area (Å²) in [6, 6.07) is 8.33. The number of hydrogen-bond donors (Lipinski definition) is 1. The molecule has 1 aromatic carbocycles. The Hall–Kier alpha value is -1.66. The lowest BCUT2D eigenvalue weighted by Crippen LogP contribution is -2.20. The van der Waals surface area contributed by atoms with E-state index in [0.29, 0.717) is 0 Å². The fourth-order valence-corrected chi connectivity index (χ4v) is 2.64. The highest BCUT2D eigenvalue weighted by Crippen LogP contribution is 2.26. The Morgan fingerprint density at radius 3 is 3.10 bits per heavy atom. The van der Waals surface area contributed by atoms with E-state index < -0.39 is 0 Å². The number of aryl methyl sites for hydroxylation is 1. The molecule has 0 radical (unpaired) electrons. The van der Waals surface area contributed by atoms with Gasteiger partial charge in [-0.2, -0.15) is 0 Å². The van der Waals surface area contributed by atoms with E-state index in [1.54, 1.807) is 6.20 Å². The molecule has 0 saturated carbocycles. The van der Waals surface area contributed by atoms with Gasteiger partial charge in [0.1, 0.15) is 11.3 Å². The number of nitrogens with zero attached hydrogens (tertiary/aromatic N) is 3. The van der Waals surface area contributed by atoms with Gasteiger partial charge in [0.15, 0.2) is 0 Å². The third-order valence-electron chi connectivity index (χ3n) is 3.41. The van der Waals surface area contributed by atoms with Crippen LogP contribution in [-0.2, 0) is 6.54 Å². The summed E-state index contributed by atoms with van der Waals surface area (Å²) in [4.78, 5) is 0. The maximum atomic E-state index is 5.88. The molecule has 1 unspecified atom stereocenters. The van der Waals surface area contributed by atoms with Crippen molar-refractivity contribution in [2.45, 2.75) is 25.9 Å². The standard InChI is InChI=1S/C15H17BrN4O/c1-11(17-5-2-7-20-8-6-18-19-20)15-10-12-9-13(16)3-4-14(12)21-15/h3-4,6,8-11,17H,2,5,7H2,1H3. The number of aromatic nitrogens is 3. The van der Waals surface area contributed by atoms with Gasteiger partial charge in [-0.15, -0.1) is 5.10 Å². The molecule has 2 heterocycles. The van der Waals surface area contributed by atoms with Gasteiger partial charge in [0.25, 0.3) is 0 Å². The van der Waals surface area contributed by atoms with E-state index in [0.717, 1.165) is 40.7 Å². The van der Waals surface area contributed by atoms with Crippen LogP contribution in [0.15, 0.2) is 45.5 Å². The molecule has 1 atom stereocenters. The average Bonchev–Trinajstić information content (AvgIpc) is 3.11. The van der Waals surface area contributed by atoms with Crippen LogP contribution < -0.4 is 5.32 Å². The molecule has 3 rings (SSSR count). The molecule has 6 heteroatoms. The first-order valence-corrected chi connectivity index (χ1v) is 7.78. The molecule has 0 aliphatic heterocycles. The fraction of sp³-hybridized carbons (Fsp3) is 0.333. The summed E-state index contributed by atoms with van der Waals surface area (Å²) in [6.45, 7) is 3.89. The number of hydrogen-bond acceptors (Lipinski definition) is 4. The Kier molecular flexibility index (Phi) is 4.36. The van der Waals surface area contributed by atoms with Gasteiger partial charge in [0.05, 0.1) is 12.2 Å². The second-order valence-corrected chi connectivity index (χ2v) is 5.94. The SMILES string of the molecule is CC(NCCCn1ccnn1)c1cc2cc(Br)ccc2o1. The van der Waals surface area contributed by atoms with Crippen molar-refractivity contribution in [1.82, 2.24) is 20.3 Å². The summed E-state index contributed by atoms with van der Waals surface area (Å²) in [5, 5.41) is 12.3. The zero-order chi connectivity index (χ0) is 14.7. The van der Waals surface area contributed by atoms with Crippen molar-refractivity contribution in [3.63, 3.8) is 0 Å². The van der Waals surface area contributed by atoms with Gasteiger partial charge in [0.2, 0.25) is 0 Å². The summed E-state index contributed by atoms with van der Waals surface area (Å²) in [7, 11) is 0. The molecule has 0 fully saturated rings. The van der Waals surface area contributed by atoms with Gasteiger partial charge in [-0.1, -0.05) is 21.1 Å². The lowest BCUT2D eigenvalue weighted by molar-refractivity contribution is 0.436. The van der Waals surface area contributed by atoms with Crippen molar-refractivity contribution in [3.8, 4) is 0 Å². The van der Waals surface area contributed by atoms with Crippen molar-refractivity contribution in [2.75, 3.05) is 6.54 Å². The molecular formula is C15H17BrN4O. The Morgan fingerprint density at radius 2 is 2.29 bits per heavy atom. The summed E-state index contributed by atoms with van der Waals surface area (Å²) < 4.78 is 8.78. The van der Waals surface area contributed by atoms with Gasteiger partial charge in [-0.25, -0.2) is 0 Å². The van der Waals surface area contributed by atoms with E-state index in [1.807, 2.05) is 23.0 Å². The predicted octanol–water partition coefficient (Wildman–Crippen LogP) is 3.53. The van der Waals surface area contributed by atoms with E-state index in [4.69, 9.17) is 4.42 Å². The number of benzene rings is 1. The zero-order valence-electron chi connectivity index (χ0n) is 11.8. The van der Waals surface area contributed by atoms with Gasteiger partial charge < -0.3 is 9.73 Å². The highest BCUT2D eigenvalue weighted by atomic mass is 79.9. The third kappa shape index (κ3) is 3.51. The van der Waals surface area contributed by atoms with Gasteiger partial charge in [-0.3, -0.25) is 4.68 Å². The van der Waals surface area contributed by atoms with E-state index >= 15 is 0 Å². The van der Waals surface area contributed by atoms with Crippen molar-refractivity contribution in [1.29, 1.82) is 0 Å². The first kappa shape index (κ1) is 14.3. The van der Waals surface area contributed by atoms with Gasteiger partial charge in [0, 0.05) is 22.6 Å². The number of rotatable bonds is 6.